The number of methoxy groups -OCH3 is 1. The Morgan fingerprint density at radius 1 is 1.04 bits per heavy atom. The van der Waals surface area contributed by atoms with Gasteiger partial charge in [0.1, 0.15) is 5.75 Å². The predicted molar refractivity (Wildman–Crippen MR) is 99.2 cm³/mol. The third-order valence-corrected chi connectivity index (χ3v) is 3.49. The van der Waals surface area contributed by atoms with Crippen molar-refractivity contribution in [2.75, 3.05) is 30.8 Å². The zero-order valence-electron chi connectivity index (χ0n) is 14.5. The normalized spacial score (nSPS) is 10.0. The Hall–Kier alpha value is -3.02. The lowest BCUT2D eigenvalue weighted by atomic mass is 10.2. The van der Waals surface area contributed by atoms with Crippen LogP contribution in [0.5, 0.6) is 5.75 Å². The molecular weight excluding hydrogens is 318 g/mol. The Morgan fingerprint density at radius 2 is 1.80 bits per heavy atom. The Morgan fingerprint density at radius 3 is 2.48 bits per heavy atom. The summed E-state index contributed by atoms with van der Waals surface area (Å²) in [4.78, 5) is 24.0. The van der Waals surface area contributed by atoms with Gasteiger partial charge in [0.25, 0.3) is 5.91 Å². The molecule has 132 valence electrons. The molecule has 25 heavy (non-hydrogen) atoms. The van der Waals surface area contributed by atoms with Crippen molar-refractivity contribution in [3.8, 4) is 5.75 Å². The van der Waals surface area contributed by atoms with E-state index in [-0.39, 0.29) is 18.4 Å². The third-order valence-electron chi connectivity index (χ3n) is 3.49. The van der Waals surface area contributed by atoms with Gasteiger partial charge in [0.15, 0.2) is 0 Å². The summed E-state index contributed by atoms with van der Waals surface area (Å²) in [6, 6.07) is 14.2. The van der Waals surface area contributed by atoms with Gasteiger partial charge in [0, 0.05) is 23.5 Å². The minimum Gasteiger partial charge on any atom is -0.497 e. The maximum absolute atomic E-state index is 12.0. The number of rotatable bonds is 8. The third kappa shape index (κ3) is 5.84. The predicted octanol–water partition coefficient (Wildman–Crippen LogP) is 2.89. The van der Waals surface area contributed by atoms with Crippen molar-refractivity contribution in [1.29, 1.82) is 0 Å². The van der Waals surface area contributed by atoms with Crippen molar-refractivity contribution in [3.63, 3.8) is 0 Å². The Balaban J connectivity index is 1.87. The first-order valence-corrected chi connectivity index (χ1v) is 8.18. The molecule has 0 unspecified atom stereocenters. The highest BCUT2D eigenvalue weighted by atomic mass is 16.5. The second-order valence-electron chi connectivity index (χ2n) is 5.47. The van der Waals surface area contributed by atoms with Gasteiger partial charge in [0.2, 0.25) is 5.91 Å². The van der Waals surface area contributed by atoms with Gasteiger partial charge < -0.3 is 20.7 Å². The average Bonchev–Trinajstić information content (AvgIpc) is 2.65. The fourth-order valence-corrected chi connectivity index (χ4v) is 2.17. The number of benzene rings is 2. The molecule has 0 fully saturated rings. The first kappa shape index (κ1) is 18.3. The molecule has 6 heteroatoms. The van der Waals surface area contributed by atoms with Crippen molar-refractivity contribution >= 4 is 23.2 Å². The van der Waals surface area contributed by atoms with E-state index >= 15 is 0 Å². The number of amides is 2. The van der Waals surface area contributed by atoms with Gasteiger partial charge in [-0.25, -0.2) is 0 Å². The fraction of sp³-hybridized carbons (Fsp3) is 0.263. The molecule has 0 bridgehead atoms. The van der Waals surface area contributed by atoms with E-state index in [1.54, 1.807) is 49.6 Å². The van der Waals surface area contributed by atoms with Crippen molar-refractivity contribution < 1.29 is 14.3 Å². The number of nitrogens with one attached hydrogen (secondary N) is 3. The van der Waals surface area contributed by atoms with Gasteiger partial charge in [-0.3, -0.25) is 9.59 Å². The summed E-state index contributed by atoms with van der Waals surface area (Å²) in [5, 5.41) is 8.64. The SMILES string of the molecule is CCCNC(=O)c1cccc(NCC(=O)Nc2ccc(OC)cc2)c1. The highest BCUT2D eigenvalue weighted by Crippen LogP contribution is 2.15. The lowest BCUT2D eigenvalue weighted by Gasteiger charge is -2.10. The first-order valence-electron chi connectivity index (χ1n) is 8.18. The number of carbonyl (C=O) groups is 2. The zero-order chi connectivity index (χ0) is 18.1. The number of ether oxygens (including phenoxy) is 1. The molecule has 0 aliphatic rings. The second kappa shape index (κ2) is 9.32. The van der Waals surface area contributed by atoms with E-state index in [0.29, 0.717) is 23.5 Å². The van der Waals surface area contributed by atoms with E-state index in [9.17, 15) is 9.59 Å². The molecule has 0 saturated carbocycles. The average molecular weight is 341 g/mol. The number of hydrogen-bond acceptors (Lipinski definition) is 4. The highest BCUT2D eigenvalue weighted by Gasteiger charge is 2.07. The van der Waals surface area contributed by atoms with E-state index in [0.717, 1.165) is 12.2 Å². The molecule has 0 aromatic heterocycles. The molecule has 2 aromatic rings. The standard InChI is InChI=1S/C19H23N3O3/c1-3-11-20-19(24)14-5-4-6-16(12-14)21-13-18(23)22-15-7-9-17(25-2)10-8-15/h4-10,12,21H,3,11,13H2,1-2H3,(H,20,24)(H,22,23). The summed E-state index contributed by atoms with van der Waals surface area (Å²) in [6.07, 6.45) is 0.884. The van der Waals surface area contributed by atoms with Crippen LogP contribution in [0.15, 0.2) is 48.5 Å². The second-order valence-corrected chi connectivity index (χ2v) is 5.47. The van der Waals surface area contributed by atoms with Gasteiger partial charge in [-0.1, -0.05) is 13.0 Å². The maximum atomic E-state index is 12.0. The largest absolute Gasteiger partial charge is 0.497 e. The van der Waals surface area contributed by atoms with E-state index in [2.05, 4.69) is 16.0 Å². The van der Waals surface area contributed by atoms with Crippen molar-refractivity contribution in [1.82, 2.24) is 5.32 Å². The summed E-state index contributed by atoms with van der Waals surface area (Å²) in [5.41, 5.74) is 1.98. The van der Waals surface area contributed by atoms with Gasteiger partial charge in [0.05, 0.1) is 13.7 Å². The van der Waals surface area contributed by atoms with Gasteiger partial charge >= 0.3 is 0 Å². The molecule has 6 nitrogen and oxygen atoms in total. The summed E-state index contributed by atoms with van der Waals surface area (Å²) < 4.78 is 5.08. The summed E-state index contributed by atoms with van der Waals surface area (Å²) in [5.74, 6) is 0.438. The minimum atomic E-state index is -0.175. The summed E-state index contributed by atoms with van der Waals surface area (Å²) >= 11 is 0. The van der Waals surface area contributed by atoms with Crippen LogP contribution in [0.3, 0.4) is 0 Å². The van der Waals surface area contributed by atoms with Crippen LogP contribution in [-0.2, 0) is 4.79 Å². The first-order chi connectivity index (χ1) is 12.1. The van der Waals surface area contributed by atoms with Crippen LogP contribution in [0, 0.1) is 0 Å². The number of carbonyl (C=O) groups excluding carboxylic acids is 2. The maximum Gasteiger partial charge on any atom is 0.251 e. The van der Waals surface area contributed by atoms with Crippen molar-refractivity contribution in [2.45, 2.75) is 13.3 Å². The molecule has 3 N–H and O–H groups in total. The van der Waals surface area contributed by atoms with Crippen LogP contribution < -0.4 is 20.7 Å². The smallest absolute Gasteiger partial charge is 0.251 e. The lowest BCUT2D eigenvalue weighted by Crippen LogP contribution is -2.24. The minimum absolute atomic E-state index is 0.103. The molecule has 0 saturated heterocycles. The van der Waals surface area contributed by atoms with E-state index in [4.69, 9.17) is 4.74 Å². The molecule has 2 aromatic carbocycles. The highest BCUT2D eigenvalue weighted by molar-refractivity contribution is 5.96. The van der Waals surface area contributed by atoms with Crippen molar-refractivity contribution in [3.05, 3.63) is 54.1 Å². The van der Waals surface area contributed by atoms with E-state index < -0.39 is 0 Å². The zero-order valence-corrected chi connectivity index (χ0v) is 14.5. The van der Waals surface area contributed by atoms with Crippen LogP contribution in [0.25, 0.3) is 0 Å². The van der Waals surface area contributed by atoms with Crippen molar-refractivity contribution in [2.24, 2.45) is 0 Å². The summed E-state index contributed by atoms with van der Waals surface area (Å²) in [6.45, 7) is 2.74. The van der Waals surface area contributed by atoms with Crippen LogP contribution in [-0.4, -0.2) is 32.0 Å². The Bertz CT molecular complexity index is 714. The van der Waals surface area contributed by atoms with Crippen LogP contribution in [0.1, 0.15) is 23.7 Å². The molecule has 0 aliphatic carbocycles. The molecule has 0 aliphatic heterocycles. The Labute approximate surface area is 147 Å². The van der Waals surface area contributed by atoms with E-state index in [1.807, 2.05) is 13.0 Å². The Kier molecular flexibility index (Phi) is 6.83. The van der Waals surface area contributed by atoms with Gasteiger partial charge in [-0.15, -0.1) is 0 Å². The topological polar surface area (TPSA) is 79.5 Å². The van der Waals surface area contributed by atoms with E-state index in [1.165, 1.54) is 0 Å². The monoisotopic (exact) mass is 341 g/mol. The fourth-order valence-electron chi connectivity index (χ4n) is 2.17. The molecule has 0 atom stereocenters. The molecule has 2 rings (SSSR count). The van der Waals surface area contributed by atoms with Crippen LogP contribution >= 0.6 is 0 Å². The number of anilines is 2. The molecule has 2 amide bonds. The molecule has 0 heterocycles. The van der Waals surface area contributed by atoms with Crippen LogP contribution in [0.2, 0.25) is 0 Å². The van der Waals surface area contributed by atoms with Gasteiger partial charge in [-0.05, 0) is 48.9 Å². The van der Waals surface area contributed by atoms with Gasteiger partial charge in [-0.2, -0.15) is 0 Å². The molecule has 0 spiro atoms. The molecule has 0 radical (unpaired) electrons. The number of hydrogen-bond donors (Lipinski definition) is 3. The molecular formula is C19H23N3O3. The lowest BCUT2D eigenvalue weighted by molar-refractivity contribution is -0.114. The summed E-state index contributed by atoms with van der Waals surface area (Å²) in [7, 11) is 1.59. The quantitative estimate of drug-likeness (QED) is 0.690. The van der Waals surface area contributed by atoms with Crippen LogP contribution in [0.4, 0.5) is 11.4 Å².